The van der Waals surface area contributed by atoms with Crippen molar-refractivity contribution < 1.29 is 9.63 Å². The van der Waals surface area contributed by atoms with Crippen LogP contribution in [0.4, 0.5) is 0 Å². The molecule has 5 heteroatoms. The van der Waals surface area contributed by atoms with Gasteiger partial charge in [0, 0.05) is 10.6 Å². The summed E-state index contributed by atoms with van der Waals surface area (Å²) in [5.74, 6) is 0.184. The normalized spacial score (nSPS) is 11.3. The van der Waals surface area contributed by atoms with Crippen LogP contribution in [0.5, 0.6) is 0 Å². The van der Waals surface area contributed by atoms with Gasteiger partial charge < -0.3 is 4.84 Å². The van der Waals surface area contributed by atoms with Crippen LogP contribution in [0.1, 0.15) is 28.4 Å². The smallest absolute Gasteiger partial charge is 0.172 e. The highest BCUT2D eigenvalue weighted by atomic mass is 35.5. The number of halogens is 1. The zero-order chi connectivity index (χ0) is 15.9. The monoisotopic (exact) mass is 333 g/mol. The molecule has 2 aromatic rings. The van der Waals surface area contributed by atoms with Crippen molar-refractivity contribution in [2.75, 3.05) is 5.75 Å². The molecule has 114 valence electrons. The van der Waals surface area contributed by atoms with Crippen molar-refractivity contribution in [3.05, 3.63) is 70.2 Å². The lowest BCUT2D eigenvalue weighted by molar-refractivity contribution is 0.102. The SMILES string of the molecule is C/C(=N\OCc1cccc(C(=O)CS)c1)c1ccc(Cl)cc1. The Bertz CT molecular complexity index is 683. The van der Waals surface area contributed by atoms with Crippen molar-refractivity contribution in [3.8, 4) is 0 Å². The topological polar surface area (TPSA) is 38.7 Å². The minimum atomic E-state index is -0.00831. The second-order valence-corrected chi connectivity index (χ2v) is 5.49. The van der Waals surface area contributed by atoms with Gasteiger partial charge in [-0.2, -0.15) is 12.6 Å². The number of rotatable bonds is 6. The summed E-state index contributed by atoms with van der Waals surface area (Å²) in [5.41, 5.74) is 3.23. The molecule has 0 N–H and O–H groups in total. The van der Waals surface area contributed by atoms with Crippen LogP contribution in [0.25, 0.3) is 0 Å². The van der Waals surface area contributed by atoms with E-state index in [1.165, 1.54) is 0 Å². The summed E-state index contributed by atoms with van der Waals surface area (Å²) >= 11 is 9.84. The average molecular weight is 334 g/mol. The first-order valence-electron chi connectivity index (χ1n) is 6.75. The maximum atomic E-state index is 11.6. The van der Waals surface area contributed by atoms with Crippen molar-refractivity contribution >= 4 is 35.7 Å². The van der Waals surface area contributed by atoms with E-state index in [9.17, 15) is 4.79 Å². The van der Waals surface area contributed by atoms with E-state index >= 15 is 0 Å². The molecule has 0 saturated carbocycles. The Labute approximate surface area is 140 Å². The van der Waals surface area contributed by atoms with Crippen molar-refractivity contribution in [2.45, 2.75) is 13.5 Å². The number of hydrogen-bond donors (Lipinski definition) is 1. The Morgan fingerprint density at radius 3 is 2.59 bits per heavy atom. The lowest BCUT2D eigenvalue weighted by Gasteiger charge is -2.05. The molecule has 22 heavy (non-hydrogen) atoms. The zero-order valence-corrected chi connectivity index (χ0v) is 13.8. The van der Waals surface area contributed by atoms with Crippen LogP contribution in [0.3, 0.4) is 0 Å². The second-order valence-electron chi connectivity index (χ2n) is 4.74. The molecule has 3 nitrogen and oxygen atoms in total. The number of Topliss-reactive ketones (excluding diaryl/α,β-unsaturated/α-hetero) is 1. The van der Waals surface area contributed by atoms with E-state index in [1.54, 1.807) is 12.1 Å². The summed E-state index contributed by atoms with van der Waals surface area (Å²) in [6.07, 6.45) is 0. The molecule has 0 spiro atoms. The molecule has 0 aliphatic carbocycles. The van der Waals surface area contributed by atoms with Crippen molar-refractivity contribution in [1.29, 1.82) is 0 Å². The number of carbonyl (C=O) groups excluding carboxylic acids is 1. The van der Waals surface area contributed by atoms with Gasteiger partial charge in [0.05, 0.1) is 11.5 Å². The second kappa shape index (κ2) is 8.01. The van der Waals surface area contributed by atoms with Crippen LogP contribution < -0.4 is 0 Å². The standard InChI is InChI=1S/C17H16ClNO2S/c1-12(14-5-7-16(18)8-6-14)19-21-10-13-3-2-4-15(9-13)17(20)11-22/h2-9,22H,10-11H2,1H3/b19-12+. The molecule has 0 fully saturated rings. The quantitative estimate of drug-likeness (QED) is 0.368. The molecule has 0 aromatic heterocycles. The minimum Gasteiger partial charge on any atom is -0.391 e. The zero-order valence-electron chi connectivity index (χ0n) is 12.1. The Balaban J connectivity index is 1.99. The molecular weight excluding hydrogens is 318 g/mol. The third kappa shape index (κ3) is 4.61. The molecule has 0 saturated heterocycles. The molecule has 0 heterocycles. The summed E-state index contributed by atoms with van der Waals surface area (Å²) in [6, 6.07) is 14.7. The van der Waals surface area contributed by atoms with E-state index in [2.05, 4.69) is 17.8 Å². The van der Waals surface area contributed by atoms with Crippen LogP contribution in [-0.2, 0) is 11.4 Å². The van der Waals surface area contributed by atoms with Crippen LogP contribution in [0, 0.1) is 0 Å². The fourth-order valence-corrected chi connectivity index (χ4v) is 2.18. The number of carbonyl (C=O) groups is 1. The van der Waals surface area contributed by atoms with Gasteiger partial charge in [-0.25, -0.2) is 0 Å². The first kappa shape index (κ1) is 16.6. The average Bonchev–Trinajstić information content (AvgIpc) is 2.55. The van der Waals surface area contributed by atoms with E-state index in [-0.39, 0.29) is 11.5 Å². The molecule has 2 aromatic carbocycles. The maximum Gasteiger partial charge on any atom is 0.172 e. The summed E-state index contributed by atoms with van der Waals surface area (Å²) in [6.45, 7) is 2.17. The van der Waals surface area contributed by atoms with Crippen LogP contribution in [0.15, 0.2) is 53.7 Å². The van der Waals surface area contributed by atoms with Crippen molar-refractivity contribution in [1.82, 2.24) is 0 Å². The predicted molar refractivity (Wildman–Crippen MR) is 93.1 cm³/mol. The molecule has 0 atom stereocenters. The molecule has 0 amide bonds. The van der Waals surface area contributed by atoms with Crippen LogP contribution in [0.2, 0.25) is 5.02 Å². The number of hydrogen-bond acceptors (Lipinski definition) is 4. The Hall–Kier alpha value is -1.78. The lowest BCUT2D eigenvalue weighted by atomic mass is 10.1. The van der Waals surface area contributed by atoms with Crippen LogP contribution >= 0.6 is 24.2 Å². The van der Waals surface area contributed by atoms with Gasteiger partial charge in [0.1, 0.15) is 6.61 Å². The van der Waals surface area contributed by atoms with Gasteiger partial charge in [-0.3, -0.25) is 4.79 Å². The summed E-state index contributed by atoms with van der Waals surface area (Å²) in [7, 11) is 0. The molecule has 0 bridgehead atoms. The summed E-state index contributed by atoms with van der Waals surface area (Å²) in [5, 5.41) is 4.77. The minimum absolute atomic E-state index is 0.00831. The number of ketones is 1. The van der Waals surface area contributed by atoms with Crippen molar-refractivity contribution in [3.63, 3.8) is 0 Å². The van der Waals surface area contributed by atoms with E-state index < -0.39 is 0 Å². The Morgan fingerprint density at radius 2 is 1.91 bits per heavy atom. The summed E-state index contributed by atoms with van der Waals surface area (Å²) in [4.78, 5) is 17.0. The van der Waals surface area contributed by atoms with E-state index in [1.807, 2.05) is 43.3 Å². The molecule has 0 aliphatic rings. The Kier molecular flexibility index (Phi) is 6.04. The van der Waals surface area contributed by atoms with Gasteiger partial charge in [0.15, 0.2) is 5.78 Å². The highest BCUT2D eigenvalue weighted by Crippen LogP contribution is 2.12. The summed E-state index contributed by atoms with van der Waals surface area (Å²) < 4.78 is 0. The number of oxime groups is 1. The van der Waals surface area contributed by atoms with Gasteiger partial charge in [-0.1, -0.05) is 47.1 Å². The first-order valence-corrected chi connectivity index (χ1v) is 7.76. The van der Waals surface area contributed by atoms with E-state index in [4.69, 9.17) is 16.4 Å². The van der Waals surface area contributed by atoms with Gasteiger partial charge in [-0.05, 0) is 36.2 Å². The molecule has 0 radical (unpaired) electrons. The van der Waals surface area contributed by atoms with Gasteiger partial charge in [-0.15, -0.1) is 0 Å². The predicted octanol–water partition coefficient (Wildman–Crippen LogP) is 4.39. The third-order valence-corrected chi connectivity index (χ3v) is 3.63. The molecule has 0 unspecified atom stereocenters. The largest absolute Gasteiger partial charge is 0.391 e. The number of benzene rings is 2. The molecule has 0 aliphatic heterocycles. The third-order valence-electron chi connectivity index (χ3n) is 3.09. The fraction of sp³-hybridized carbons (Fsp3) is 0.176. The lowest BCUT2D eigenvalue weighted by Crippen LogP contribution is -2.01. The van der Waals surface area contributed by atoms with Gasteiger partial charge in [0.25, 0.3) is 0 Å². The van der Waals surface area contributed by atoms with Gasteiger partial charge in [0.2, 0.25) is 0 Å². The van der Waals surface area contributed by atoms with Crippen LogP contribution in [-0.4, -0.2) is 17.2 Å². The fourth-order valence-electron chi connectivity index (χ4n) is 1.87. The van der Waals surface area contributed by atoms with Gasteiger partial charge >= 0.3 is 0 Å². The molecular formula is C17H16ClNO2S. The maximum absolute atomic E-state index is 11.6. The first-order chi connectivity index (χ1) is 10.6. The van der Waals surface area contributed by atoms with Crippen molar-refractivity contribution in [2.24, 2.45) is 5.16 Å². The van der Waals surface area contributed by atoms with E-state index in [0.29, 0.717) is 17.2 Å². The highest BCUT2D eigenvalue weighted by Gasteiger charge is 2.04. The number of thiol groups is 1. The van der Waals surface area contributed by atoms with E-state index in [0.717, 1.165) is 16.8 Å². The Morgan fingerprint density at radius 1 is 1.18 bits per heavy atom. The highest BCUT2D eigenvalue weighted by molar-refractivity contribution is 7.81. The molecule has 2 rings (SSSR count). The number of nitrogens with zero attached hydrogens (tertiary/aromatic N) is 1.